The van der Waals surface area contributed by atoms with Crippen LogP contribution in [0.3, 0.4) is 0 Å². The Bertz CT molecular complexity index is 543. The number of halogens is 1. The number of ketones is 1. The Kier molecular flexibility index (Phi) is 3.21. The van der Waals surface area contributed by atoms with Gasteiger partial charge >= 0.3 is 5.97 Å². The number of amides is 1. The second-order valence-electron chi connectivity index (χ2n) is 3.71. The highest BCUT2D eigenvalue weighted by molar-refractivity contribution is 9.11. The van der Waals surface area contributed by atoms with Crippen LogP contribution < -0.4 is 5.32 Å². The summed E-state index contributed by atoms with van der Waals surface area (Å²) in [6.45, 7) is 1.70. The maximum atomic E-state index is 12.3. The van der Waals surface area contributed by atoms with E-state index in [2.05, 4.69) is 21.2 Å². The van der Waals surface area contributed by atoms with Crippen LogP contribution in [0.4, 0.5) is 5.69 Å². The van der Waals surface area contributed by atoms with Crippen molar-refractivity contribution in [3.63, 3.8) is 0 Å². The molecule has 1 N–H and O–H groups in total. The molecule has 1 aromatic rings. The summed E-state index contributed by atoms with van der Waals surface area (Å²) in [6.07, 6.45) is 0. The van der Waals surface area contributed by atoms with E-state index in [1.165, 1.54) is 0 Å². The second-order valence-corrected chi connectivity index (χ2v) is 4.90. The van der Waals surface area contributed by atoms with Crippen LogP contribution in [0.1, 0.15) is 17.3 Å². The third kappa shape index (κ3) is 1.73. The minimum Gasteiger partial charge on any atom is -0.464 e. The van der Waals surface area contributed by atoms with Crippen LogP contribution in [-0.4, -0.2) is 28.6 Å². The van der Waals surface area contributed by atoms with Crippen molar-refractivity contribution < 1.29 is 19.1 Å². The number of rotatable bonds is 2. The molecule has 0 bridgehead atoms. The molecule has 0 fully saturated rings. The Morgan fingerprint density at radius 3 is 2.72 bits per heavy atom. The summed E-state index contributed by atoms with van der Waals surface area (Å²) in [4.78, 5) is 36.0. The Labute approximate surface area is 112 Å². The molecule has 5 nitrogen and oxygen atoms in total. The van der Waals surface area contributed by atoms with E-state index in [1.54, 1.807) is 31.2 Å². The average molecular weight is 312 g/mol. The number of Topliss-reactive ketones (excluding diaryl/α,β-unsaturated/α-hetero) is 1. The lowest BCUT2D eigenvalue weighted by Crippen LogP contribution is -2.54. The fraction of sp³-hybridized carbons (Fsp3) is 0.250. The zero-order chi connectivity index (χ0) is 13.3. The van der Waals surface area contributed by atoms with Gasteiger partial charge in [0, 0.05) is 5.56 Å². The first-order chi connectivity index (χ1) is 8.51. The van der Waals surface area contributed by atoms with E-state index in [0.717, 1.165) is 0 Å². The Hall–Kier alpha value is -1.69. The lowest BCUT2D eigenvalue weighted by atomic mass is 9.91. The molecule has 1 aliphatic heterocycles. The molecule has 0 aliphatic carbocycles. The number of anilines is 1. The van der Waals surface area contributed by atoms with Crippen molar-refractivity contribution in [1.29, 1.82) is 0 Å². The zero-order valence-corrected chi connectivity index (χ0v) is 11.1. The molecule has 1 heterocycles. The molecule has 6 heteroatoms. The molecule has 18 heavy (non-hydrogen) atoms. The number of ether oxygens (including phenoxy) is 1. The second kappa shape index (κ2) is 4.53. The van der Waals surface area contributed by atoms with Gasteiger partial charge < -0.3 is 10.1 Å². The molecule has 0 radical (unpaired) electrons. The standard InChI is InChI=1S/C12H10BrNO4/c1-2-18-11(17)12(13)9(15)7-5-3-4-6-8(7)14-10(12)16/h3-6H,2H2,1H3,(H,14,16)/t12-/m1/s1. The van der Waals surface area contributed by atoms with Gasteiger partial charge in [-0.2, -0.15) is 0 Å². The van der Waals surface area contributed by atoms with E-state index >= 15 is 0 Å². The summed E-state index contributed by atoms with van der Waals surface area (Å²) in [5.41, 5.74) is 0.675. The number of hydrogen-bond acceptors (Lipinski definition) is 4. The number of fused-ring (bicyclic) bond motifs is 1. The number of benzene rings is 1. The molecular weight excluding hydrogens is 302 g/mol. The number of esters is 1. The SMILES string of the molecule is CCOC(=O)[C@]1(Br)C(=O)Nc2ccccc2C1=O. The highest BCUT2D eigenvalue weighted by Gasteiger charge is 2.55. The summed E-state index contributed by atoms with van der Waals surface area (Å²) in [6, 6.07) is 6.50. The molecule has 0 saturated heterocycles. The third-order valence-electron chi connectivity index (χ3n) is 2.60. The van der Waals surface area contributed by atoms with Crippen molar-refractivity contribution in [2.45, 2.75) is 11.2 Å². The lowest BCUT2D eigenvalue weighted by Gasteiger charge is -2.28. The topological polar surface area (TPSA) is 72.5 Å². The van der Waals surface area contributed by atoms with Crippen molar-refractivity contribution in [3.05, 3.63) is 29.8 Å². The van der Waals surface area contributed by atoms with Gasteiger partial charge in [0.05, 0.1) is 12.3 Å². The van der Waals surface area contributed by atoms with Crippen LogP contribution in [-0.2, 0) is 14.3 Å². The minimum absolute atomic E-state index is 0.0917. The molecule has 0 aromatic heterocycles. The van der Waals surface area contributed by atoms with Crippen LogP contribution in [0.2, 0.25) is 0 Å². The predicted octanol–water partition coefficient (Wildman–Crippen LogP) is 1.52. The zero-order valence-electron chi connectivity index (χ0n) is 9.53. The monoisotopic (exact) mass is 311 g/mol. The number of carbonyl (C=O) groups is 3. The van der Waals surface area contributed by atoms with E-state index in [-0.39, 0.29) is 12.2 Å². The van der Waals surface area contributed by atoms with E-state index < -0.39 is 22.0 Å². The highest BCUT2D eigenvalue weighted by atomic mass is 79.9. The molecule has 1 aliphatic rings. The quantitative estimate of drug-likeness (QED) is 0.510. The van der Waals surface area contributed by atoms with Crippen molar-refractivity contribution in [1.82, 2.24) is 0 Å². The Morgan fingerprint density at radius 2 is 2.06 bits per heavy atom. The number of nitrogens with one attached hydrogen (secondary N) is 1. The maximum Gasteiger partial charge on any atom is 0.340 e. The molecule has 0 unspecified atom stereocenters. The van der Waals surface area contributed by atoms with E-state index in [0.29, 0.717) is 5.69 Å². The predicted molar refractivity (Wildman–Crippen MR) is 67.7 cm³/mol. The van der Waals surface area contributed by atoms with Gasteiger partial charge in [-0.3, -0.25) is 9.59 Å². The number of carbonyl (C=O) groups excluding carboxylic acids is 3. The number of para-hydroxylation sites is 1. The summed E-state index contributed by atoms with van der Waals surface area (Å²) in [5, 5.41) is 2.51. The van der Waals surface area contributed by atoms with Gasteiger partial charge in [-0.1, -0.05) is 28.1 Å². The third-order valence-corrected chi connectivity index (χ3v) is 3.65. The fourth-order valence-corrected chi connectivity index (χ4v) is 2.13. The minimum atomic E-state index is -1.99. The average Bonchev–Trinajstić information content (AvgIpc) is 2.36. The first-order valence-corrected chi connectivity index (χ1v) is 6.12. The van der Waals surface area contributed by atoms with Crippen LogP contribution in [0.15, 0.2) is 24.3 Å². The lowest BCUT2D eigenvalue weighted by molar-refractivity contribution is -0.146. The van der Waals surface area contributed by atoms with Gasteiger partial charge in [0.1, 0.15) is 0 Å². The normalized spacial score (nSPS) is 22.1. The molecule has 1 amide bonds. The molecule has 0 spiro atoms. The summed E-state index contributed by atoms with van der Waals surface area (Å²) >= 11 is 2.93. The molecule has 1 atom stereocenters. The molecule has 2 rings (SSSR count). The van der Waals surface area contributed by atoms with Crippen molar-refractivity contribution >= 4 is 39.3 Å². The first-order valence-electron chi connectivity index (χ1n) is 5.33. The highest BCUT2D eigenvalue weighted by Crippen LogP contribution is 2.34. The van der Waals surface area contributed by atoms with E-state index in [9.17, 15) is 14.4 Å². The largest absolute Gasteiger partial charge is 0.464 e. The van der Waals surface area contributed by atoms with Crippen molar-refractivity contribution in [2.24, 2.45) is 0 Å². The van der Waals surface area contributed by atoms with Crippen LogP contribution >= 0.6 is 15.9 Å². The van der Waals surface area contributed by atoms with Gasteiger partial charge in [-0.05, 0) is 19.1 Å². The Morgan fingerprint density at radius 1 is 1.39 bits per heavy atom. The summed E-state index contributed by atoms with van der Waals surface area (Å²) in [7, 11) is 0. The summed E-state index contributed by atoms with van der Waals surface area (Å²) < 4.78 is 2.78. The van der Waals surface area contributed by atoms with Crippen LogP contribution in [0, 0.1) is 0 Å². The first kappa shape index (κ1) is 12.8. The van der Waals surface area contributed by atoms with E-state index in [1.807, 2.05) is 0 Å². The molecule has 0 saturated carbocycles. The molecule has 1 aromatic carbocycles. The smallest absolute Gasteiger partial charge is 0.340 e. The van der Waals surface area contributed by atoms with Gasteiger partial charge in [-0.25, -0.2) is 4.79 Å². The van der Waals surface area contributed by atoms with Crippen LogP contribution in [0.25, 0.3) is 0 Å². The van der Waals surface area contributed by atoms with Crippen LogP contribution in [0.5, 0.6) is 0 Å². The van der Waals surface area contributed by atoms with Crippen molar-refractivity contribution in [2.75, 3.05) is 11.9 Å². The van der Waals surface area contributed by atoms with Gasteiger partial charge in [0.2, 0.25) is 5.78 Å². The number of alkyl halides is 1. The number of hydrogen-bond donors (Lipinski definition) is 1. The van der Waals surface area contributed by atoms with Crippen molar-refractivity contribution in [3.8, 4) is 0 Å². The molecular formula is C12H10BrNO4. The molecule has 94 valence electrons. The fourth-order valence-electron chi connectivity index (χ4n) is 1.70. The Balaban J connectivity index is 2.50. The summed E-state index contributed by atoms with van der Waals surface area (Å²) in [5.74, 6) is -2.24. The van der Waals surface area contributed by atoms with E-state index in [4.69, 9.17) is 4.74 Å². The van der Waals surface area contributed by atoms with Gasteiger partial charge in [-0.15, -0.1) is 0 Å². The maximum absolute atomic E-state index is 12.3. The van der Waals surface area contributed by atoms with Gasteiger partial charge in [0.15, 0.2) is 0 Å². The van der Waals surface area contributed by atoms with Gasteiger partial charge in [0.25, 0.3) is 10.2 Å².